The fourth-order valence-electron chi connectivity index (χ4n) is 2.48. The molecule has 0 saturated carbocycles. The first-order chi connectivity index (χ1) is 12.9. The van der Waals surface area contributed by atoms with E-state index in [1.54, 1.807) is 0 Å². The lowest BCUT2D eigenvalue weighted by Crippen LogP contribution is -2.30. The monoisotopic (exact) mass is 376 g/mol. The number of nitrogens with zero attached hydrogens (tertiary/aromatic N) is 4. The SMILES string of the molecule is Cn1c(=O)[nH]c(=O)c2c1nc(N/N=C\c1ccc(F)cc1)n2C[C@@H](O)CO. The number of hydrogen-bond acceptors (Lipinski definition) is 7. The highest BCUT2D eigenvalue weighted by Gasteiger charge is 2.19. The van der Waals surface area contributed by atoms with Gasteiger partial charge in [-0.1, -0.05) is 12.1 Å². The Morgan fingerprint density at radius 1 is 1.37 bits per heavy atom. The Morgan fingerprint density at radius 2 is 2.07 bits per heavy atom. The van der Waals surface area contributed by atoms with Crippen LogP contribution in [0.5, 0.6) is 0 Å². The number of imidazole rings is 1. The van der Waals surface area contributed by atoms with E-state index in [0.717, 1.165) is 4.57 Å². The fraction of sp³-hybridized carbons (Fsp3) is 0.250. The van der Waals surface area contributed by atoms with Crippen molar-refractivity contribution in [3.05, 3.63) is 56.5 Å². The summed E-state index contributed by atoms with van der Waals surface area (Å²) in [7, 11) is 1.44. The Hall–Kier alpha value is -3.31. The highest BCUT2D eigenvalue weighted by atomic mass is 19.1. The quantitative estimate of drug-likeness (QED) is 0.334. The summed E-state index contributed by atoms with van der Waals surface area (Å²) in [6.45, 7) is -0.676. The predicted molar refractivity (Wildman–Crippen MR) is 96.3 cm³/mol. The molecule has 1 aromatic carbocycles. The molecule has 2 heterocycles. The normalized spacial score (nSPS) is 12.7. The molecule has 3 aromatic rings. The van der Waals surface area contributed by atoms with Gasteiger partial charge in [0, 0.05) is 7.05 Å². The van der Waals surface area contributed by atoms with Crippen molar-refractivity contribution in [1.82, 2.24) is 19.1 Å². The van der Waals surface area contributed by atoms with Crippen LogP contribution in [0, 0.1) is 5.82 Å². The first-order valence-corrected chi connectivity index (χ1v) is 7.94. The first-order valence-electron chi connectivity index (χ1n) is 7.94. The van der Waals surface area contributed by atoms with Gasteiger partial charge in [-0.15, -0.1) is 0 Å². The summed E-state index contributed by atoms with van der Waals surface area (Å²) in [6.07, 6.45) is 0.259. The van der Waals surface area contributed by atoms with Crippen molar-refractivity contribution in [3.63, 3.8) is 0 Å². The Kier molecular flexibility index (Phi) is 5.14. The average molecular weight is 376 g/mol. The molecule has 0 aliphatic heterocycles. The molecule has 0 saturated heterocycles. The smallest absolute Gasteiger partial charge is 0.329 e. The van der Waals surface area contributed by atoms with E-state index in [-0.39, 0.29) is 29.5 Å². The van der Waals surface area contributed by atoms with E-state index >= 15 is 0 Å². The van der Waals surface area contributed by atoms with E-state index in [9.17, 15) is 19.1 Å². The summed E-state index contributed by atoms with van der Waals surface area (Å²) in [5.41, 5.74) is 2.07. The van der Waals surface area contributed by atoms with Crippen LogP contribution in [0.1, 0.15) is 5.56 Å². The summed E-state index contributed by atoms with van der Waals surface area (Å²) in [5.74, 6) is -0.289. The minimum absolute atomic E-state index is 0.0454. The molecule has 4 N–H and O–H groups in total. The molecule has 3 rings (SSSR count). The summed E-state index contributed by atoms with van der Waals surface area (Å²) in [6, 6.07) is 5.61. The highest BCUT2D eigenvalue weighted by molar-refractivity contribution is 5.80. The molecule has 10 nitrogen and oxygen atoms in total. The van der Waals surface area contributed by atoms with Crippen molar-refractivity contribution >= 4 is 23.3 Å². The second-order valence-electron chi connectivity index (χ2n) is 5.79. The van der Waals surface area contributed by atoms with Crippen LogP contribution in [0.3, 0.4) is 0 Å². The van der Waals surface area contributed by atoms with Crippen molar-refractivity contribution in [1.29, 1.82) is 0 Å². The highest BCUT2D eigenvalue weighted by Crippen LogP contribution is 2.16. The Balaban J connectivity index is 2.02. The number of aromatic amines is 1. The first kappa shape index (κ1) is 18.5. The van der Waals surface area contributed by atoms with E-state index < -0.39 is 24.0 Å². The molecular weight excluding hydrogens is 359 g/mol. The fourth-order valence-corrected chi connectivity index (χ4v) is 2.48. The molecule has 0 unspecified atom stereocenters. The molecule has 0 aliphatic carbocycles. The lowest BCUT2D eigenvalue weighted by molar-refractivity contribution is 0.0825. The van der Waals surface area contributed by atoms with Crippen molar-refractivity contribution in [2.75, 3.05) is 12.0 Å². The number of benzene rings is 1. The number of halogens is 1. The van der Waals surface area contributed by atoms with Crippen molar-refractivity contribution < 1.29 is 14.6 Å². The molecule has 0 aliphatic rings. The van der Waals surface area contributed by atoms with Crippen LogP contribution in [0.25, 0.3) is 11.2 Å². The zero-order chi connectivity index (χ0) is 19.6. The molecule has 0 amide bonds. The minimum Gasteiger partial charge on any atom is -0.394 e. The third-order valence-corrected chi connectivity index (χ3v) is 3.86. The number of aliphatic hydroxyl groups excluding tert-OH is 2. The van der Waals surface area contributed by atoms with E-state index in [0.29, 0.717) is 5.56 Å². The molecule has 1 atom stereocenters. The van der Waals surface area contributed by atoms with Gasteiger partial charge < -0.3 is 14.8 Å². The van der Waals surface area contributed by atoms with Gasteiger partial charge in [-0.25, -0.2) is 14.6 Å². The lowest BCUT2D eigenvalue weighted by atomic mass is 10.2. The van der Waals surface area contributed by atoms with Gasteiger partial charge >= 0.3 is 5.69 Å². The maximum Gasteiger partial charge on any atom is 0.329 e. The molecule has 0 fully saturated rings. The minimum atomic E-state index is -1.15. The van der Waals surface area contributed by atoms with Crippen LogP contribution >= 0.6 is 0 Å². The van der Waals surface area contributed by atoms with Crippen LogP contribution in [-0.2, 0) is 13.6 Å². The van der Waals surface area contributed by atoms with Crippen LogP contribution < -0.4 is 16.7 Å². The van der Waals surface area contributed by atoms with E-state index in [4.69, 9.17) is 5.11 Å². The maximum atomic E-state index is 12.9. The number of aliphatic hydroxyl groups is 2. The molecule has 0 radical (unpaired) electrons. The zero-order valence-corrected chi connectivity index (χ0v) is 14.3. The number of hydrogen-bond donors (Lipinski definition) is 4. The number of anilines is 1. The van der Waals surface area contributed by atoms with Crippen molar-refractivity contribution in [2.45, 2.75) is 12.6 Å². The number of hydrazone groups is 1. The molecular formula is C16H17FN6O4. The van der Waals surface area contributed by atoms with Gasteiger partial charge in [-0.05, 0) is 17.7 Å². The zero-order valence-electron chi connectivity index (χ0n) is 14.3. The van der Waals surface area contributed by atoms with Crippen molar-refractivity contribution in [2.24, 2.45) is 12.1 Å². The molecule has 27 heavy (non-hydrogen) atoms. The topological polar surface area (TPSA) is 138 Å². The average Bonchev–Trinajstić information content (AvgIpc) is 3.00. The van der Waals surface area contributed by atoms with Crippen molar-refractivity contribution in [3.8, 4) is 0 Å². The van der Waals surface area contributed by atoms with Crippen LogP contribution in [-0.4, -0.2) is 48.2 Å². The van der Waals surface area contributed by atoms with E-state index in [1.807, 2.05) is 0 Å². The third-order valence-electron chi connectivity index (χ3n) is 3.86. The van der Waals surface area contributed by atoms with Crippen LogP contribution in [0.4, 0.5) is 10.3 Å². The Bertz CT molecular complexity index is 1100. The van der Waals surface area contributed by atoms with E-state index in [1.165, 1.54) is 42.1 Å². The second kappa shape index (κ2) is 7.51. The number of aryl methyl sites for hydroxylation is 1. The standard InChI is InChI=1S/C16H17FN6O4/c1-22-13-12(14(26)20-16(22)27)23(7-11(25)8-24)15(19-13)21-18-6-9-2-4-10(17)5-3-9/h2-6,11,24-25H,7-8H2,1H3,(H,19,21)(H,20,26,27)/b18-6-/t11-/m1/s1. The van der Waals surface area contributed by atoms with Crippen LogP contribution in [0.2, 0.25) is 0 Å². The summed E-state index contributed by atoms with van der Waals surface area (Å²) in [5, 5.41) is 22.9. The Labute approximate surface area is 151 Å². The van der Waals surface area contributed by atoms with Gasteiger partial charge in [0.2, 0.25) is 5.95 Å². The maximum absolute atomic E-state index is 12.9. The predicted octanol–water partition coefficient (Wildman–Crippen LogP) is -0.638. The third kappa shape index (κ3) is 3.78. The largest absolute Gasteiger partial charge is 0.394 e. The lowest BCUT2D eigenvalue weighted by Gasteiger charge is -2.11. The molecule has 0 bridgehead atoms. The molecule has 0 spiro atoms. The number of rotatable bonds is 6. The Morgan fingerprint density at radius 3 is 2.74 bits per heavy atom. The van der Waals surface area contributed by atoms with Gasteiger partial charge in [-0.2, -0.15) is 10.1 Å². The summed E-state index contributed by atoms with van der Waals surface area (Å²) in [4.78, 5) is 30.3. The van der Waals surface area contributed by atoms with Gasteiger partial charge in [0.25, 0.3) is 5.56 Å². The second-order valence-corrected chi connectivity index (χ2v) is 5.79. The number of aromatic nitrogens is 4. The van der Waals surface area contributed by atoms with Gasteiger partial charge in [-0.3, -0.25) is 14.3 Å². The number of fused-ring (bicyclic) bond motifs is 1. The van der Waals surface area contributed by atoms with Gasteiger partial charge in [0.15, 0.2) is 11.2 Å². The molecule has 142 valence electrons. The summed E-state index contributed by atoms with van der Waals surface area (Å²) < 4.78 is 15.4. The molecule has 11 heteroatoms. The molecule has 2 aromatic heterocycles. The number of H-pyrrole nitrogens is 1. The van der Waals surface area contributed by atoms with E-state index in [2.05, 4.69) is 20.5 Å². The van der Waals surface area contributed by atoms with Crippen LogP contribution in [0.15, 0.2) is 39.0 Å². The van der Waals surface area contributed by atoms with Gasteiger partial charge in [0.05, 0.1) is 25.5 Å². The summed E-state index contributed by atoms with van der Waals surface area (Å²) >= 11 is 0. The number of nitrogens with one attached hydrogen (secondary N) is 2. The van der Waals surface area contributed by atoms with Gasteiger partial charge in [0.1, 0.15) is 5.82 Å².